The van der Waals surface area contributed by atoms with Gasteiger partial charge < -0.3 is 5.32 Å². The molecular weight excluding hydrogens is 246 g/mol. The van der Waals surface area contributed by atoms with Gasteiger partial charge in [-0.1, -0.05) is 38.5 Å². The summed E-state index contributed by atoms with van der Waals surface area (Å²) < 4.78 is 0. The summed E-state index contributed by atoms with van der Waals surface area (Å²) in [7, 11) is 0. The highest BCUT2D eigenvalue weighted by Gasteiger charge is 2.42. The molecule has 1 saturated carbocycles. The molecule has 1 aliphatic carbocycles. The van der Waals surface area contributed by atoms with Crippen LogP contribution in [0, 0.1) is 24.2 Å². The van der Waals surface area contributed by atoms with Crippen LogP contribution in [-0.4, -0.2) is 5.91 Å². The van der Waals surface area contributed by atoms with Crippen molar-refractivity contribution in [3.63, 3.8) is 0 Å². The molecule has 0 spiro atoms. The lowest BCUT2D eigenvalue weighted by Gasteiger charge is -2.41. The van der Waals surface area contributed by atoms with E-state index in [0.717, 1.165) is 12.1 Å². The molecule has 0 aromatic heterocycles. The lowest BCUT2D eigenvalue weighted by molar-refractivity contribution is -0.118. The van der Waals surface area contributed by atoms with E-state index in [-0.39, 0.29) is 11.8 Å². The summed E-state index contributed by atoms with van der Waals surface area (Å²) in [6, 6.07) is 6.33. The first-order valence-electron chi connectivity index (χ1n) is 7.77. The van der Waals surface area contributed by atoms with Crippen LogP contribution in [0.15, 0.2) is 18.2 Å². The van der Waals surface area contributed by atoms with Crippen molar-refractivity contribution in [2.45, 2.75) is 52.9 Å². The van der Waals surface area contributed by atoms with Gasteiger partial charge in [0.05, 0.1) is 5.92 Å². The zero-order valence-electron chi connectivity index (χ0n) is 13.0. The van der Waals surface area contributed by atoms with E-state index in [1.807, 2.05) is 0 Å². The smallest absolute Gasteiger partial charge is 0.232 e. The summed E-state index contributed by atoms with van der Waals surface area (Å²) in [6.07, 6.45) is 3.61. The molecule has 1 aromatic rings. The number of carbonyl (C=O) groups excluding carboxylic acids is 1. The Kier molecular flexibility index (Phi) is 3.15. The Morgan fingerprint density at radius 1 is 1.25 bits per heavy atom. The second-order valence-electron chi connectivity index (χ2n) is 7.73. The number of benzene rings is 1. The van der Waals surface area contributed by atoms with Crippen LogP contribution >= 0.6 is 0 Å². The van der Waals surface area contributed by atoms with Crippen molar-refractivity contribution >= 4 is 11.6 Å². The molecule has 2 heteroatoms. The van der Waals surface area contributed by atoms with Crippen LogP contribution in [0.4, 0.5) is 5.69 Å². The largest absolute Gasteiger partial charge is 0.325 e. The fourth-order valence-corrected chi connectivity index (χ4v) is 4.55. The van der Waals surface area contributed by atoms with E-state index in [1.165, 1.54) is 24.0 Å². The number of rotatable bonds is 1. The van der Waals surface area contributed by atoms with Crippen molar-refractivity contribution in [3.8, 4) is 0 Å². The van der Waals surface area contributed by atoms with Crippen LogP contribution in [0.3, 0.4) is 0 Å². The van der Waals surface area contributed by atoms with Crippen molar-refractivity contribution < 1.29 is 4.79 Å². The van der Waals surface area contributed by atoms with Crippen molar-refractivity contribution in [1.82, 2.24) is 0 Å². The molecule has 3 unspecified atom stereocenters. The Hall–Kier alpha value is -1.31. The monoisotopic (exact) mass is 271 g/mol. The molecule has 1 heterocycles. The fraction of sp³-hybridized carbons (Fsp3) is 0.611. The first-order valence-corrected chi connectivity index (χ1v) is 7.77. The van der Waals surface area contributed by atoms with E-state index in [9.17, 15) is 4.79 Å². The van der Waals surface area contributed by atoms with Gasteiger partial charge in [0.2, 0.25) is 5.91 Å². The topological polar surface area (TPSA) is 29.1 Å². The van der Waals surface area contributed by atoms with Gasteiger partial charge in [-0.25, -0.2) is 0 Å². The van der Waals surface area contributed by atoms with Crippen LogP contribution in [0.2, 0.25) is 0 Å². The van der Waals surface area contributed by atoms with Crippen LogP contribution in [0.1, 0.15) is 57.1 Å². The third-order valence-corrected chi connectivity index (χ3v) is 4.97. The standard InChI is InChI=1S/C18H25NO/c1-11-5-6-15-14(8-11)16(17(20)19-15)13-7-12(2)9-18(3,4)10-13/h5-6,8,12-13,16H,7,9-10H2,1-4H3,(H,19,20). The summed E-state index contributed by atoms with van der Waals surface area (Å²) in [6.45, 7) is 9.13. The Bertz CT molecular complexity index is 546. The van der Waals surface area contributed by atoms with Gasteiger partial charge in [0.15, 0.2) is 0 Å². The van der Waals surface area contributed by atoms with E-state index in [4.69, 9.17) is 0 Å². The summed E-state index contributed by atoms with van der Waals surface area (Å²) in [5.41, 5.74) is 3.86. The van der Waals surface area contributed by atoms with Crippen molar-refractivity contribution in [2.75, 3.05) is 5.32 Å². The highest BCUT2D eigenvalue weighted by molar-refractivity contribution is 6.03. The third kappa shape index (κ3) is 2.36. The molecular formula is C18H25NO. The highest BCUT2D eigenvalue weighted by atomic mass is 16.2. The number of anilines is 1. The maximum atomic E-state index is 12.4. The van der Waals surface area contributed by atoms with E-state index >= 15 is 0 Å². The van der Waals surface area contributed by atoms with E-state index in [0.29, 0.717) is 17.3 Å². The molecule has 1 aliphatic heterocycles. The van der Waals surface area contributed by atoms with Crippen LogP contribution in [0.5, 0.6) is 0 Å². The zero-order chi connectivity index (χ0) is 14.5. The van der Waals surface area contributed by atoms with Crippen LogP contribution in [-0.2, 0) is 4.79 Å². The molecule has 3 atom stereocenters. The van der Waals surface area contributed by atoms with Gasteiger partial charge in [0, 0.05) is 5.69 Å². The van der Waals surface area contributed by atoms with Gasteiger partial charge in [-0.15, -0.1) is 0 Å². The van der Waals surface area contributed by atoms with E-state index in [2.05, 4.69) is 51.2 Å². The van der Waals surface area contributed by atoms with Gasteiger partial charge >= 0.3 is 0 Å². The molecule has 1 aromatic carbocycles. The summed E-state index contributed by atoms with van der Waals surface area (Å²) in [4.78, 5) is 12.4. The summed E-state index contributed by atoms with van der Waals surface area (Å²) in [5, 5.41) is 3.08. The molecule has 20 heavy (non-hydrogen) atoms. The SMILES string of the molecule is Cc1ccc2c(c1)C(C1CC(C)CC(C)(C)C1)C(=O)N2. The minimum absolute atomic E-state index is 0.0620. The normalized spacial score (nSPS) is 31.8. The van der Waals surface area contributed by atoms with Crippen molar-refractivity contribution in [2.24, 2.45) is 17.3 Å². The predicted molar refractivity (Wildman–Crippen MR) is 82.8 cm³/mol. The van der Waals surface area contributed by atoms with Crippen molar-refractivity contribution in [1.29, 1.82) is 0 Å². The number of amides is 1. The number of aryl methyl sites for hydroxylation is 1. The number of hydrogen-bond acceptors (Lipinski definition) is 1. The molecule has 1 fully saturated rings. The first kappa shape index (κ1) is 13.7. The summed E-state index contributed by atoms with van der Waals surface area (Å²) >= 11 is 0. The minimum Gasteiger partial charge on any atom is -0.325 e. The molecule has 3 rings (SSSR count). The maximum absolute atomic E-state index is 12.4. The molecule has 0 radical (unpaired) electrons. The van der Waals surface area contributed by atoms with Crippen molar-refractivity contribution in [3.05, 3.63) is 29.3 Å². The van der Waals surface area contributed by atoms with Crippen LogP contribution < -0.4 is 5.32 Å². The molecule has 2 aliphatic rings. The molecule has 1 amide bonds. The van der Waals surface area contributed by atoms with Gasteiger partial charge in [0.25, 0.3) is 0 Å². The zero-order valence-corrected chi connectivity index (χ0v) is 13.0. The quantitative estimate of drug-likeness (QED) is 0.801. The Morgan fingerprint density at radius 3 is 2.70 bits per heavy atom. The van der Waals surface area contributed by atoms with E-state index in [1.54, 1.807) is 0 Å². The average molecular weight is 271 g/mol. The molecule has 1 N–H and O–H groups in total. The second-order valence-corrected chi connectivity index (χ2v) is 7.73. The highest BCUT2D eigenvalue weighted by Crippen LogP contribution is 2.49. The first-order chi connectivity index (χ1) is 9.35. The predicted octanol–water partition coefficient (Wildman–Crippen LogP) is 4.49. The molecule has 108 valence electrons. The number of carbonyl (C=O) groups is 1. The minimum atomic E-state index is 0.0620. The van der Waals surface area contributed by atoms with Gasteiger partial charge in [-0.3, -0.25) is 4.79 Å². The molecule has 0 bridgehead atoms. The number of hydrogen-bond donors (Lipinski definition) is 1. The number of fused-ring (bicyclic) bond motifs is 1. The van der Waals surface area contributed by atoms with Crippen LogP contribution in [0.25, 0.3) is 0 Å². The van der Waals surface area contributed by atoms with Gasteiger partial charge in [0.1, 0.15) is 0 Å². The molecule has 0 saturated heterocycles. The Balaban J connectivity index is 1.94. The maximum Gasteiger partial charge on any atom is 0.232 e. The van der Waals surface area contributed by atoms with Gasteiger partial charge in [-0.2, -0.15) is 0 Å². The average Bonchev–Trinajstić information content (AvgIpc) is 2.61. The van der Waals surface area contributed by atoms with Gasteiger partial charge in [-0.05, 0) is 55.1 Å². The van der Waals surface area contributed by atoms with E-state index < -0.39 is 0 Å². The number of nitrogens with one attached hydrogen (secondary N) is 1. The lowest BCUT2D eigenvalue weighted by atomic mass is 9.64. The Morgan fingerprint density at radius 2 is 2.00 bits per heavy atom. The lowest BCUT2D eigenvalue weighted by Crippen LogP contribution is -2.33. The Labute approximate surface area is 122 Å². The molecule has 2 nitrogen and oxygen atoms in total. The fourth-order valence-electron chi connectivity index (χ4n) is 4.55. The summed E-state index contributed by atoms with van der Waals surface area (Å²) in [5.74, 6) is 1.47. The third-order valence-electron chi connectivity index (χ3n) is 4.97. The second kappa shape index (κ2) is 4.61.